The maximum Gasteiger partial charge on any atom is 0.248 e. The third-order valence-electron chi connectivity index (χ3n) is 3.19. The summed E-state index contributed by atoms with van der Waals surface area (Å²) in [5, 5.41) is 3.71. The molecule has 1 aromatic rings. The number of nitrogens with zero attached hydrogens (tertiary/aromatic N) is 2. The Kier molecular flexibility index (Phi) is 4.17. The summed E-state index contributed by atoms with van der Waals surface area (Å²) in [5.41, 5.74) is -0.210. The molecule has 0 spiro atoms. The lowest BCUT2D eigenvalue weighted by Gasteiger charge is -2.41. The van der Waals surface area contributed by atoms with Crippen LogP contribution in [-0.4, -0.2) is 48.6 Å². The Morgan fingerprint density at radius 2 is 2.10 bits per heavy atom. The van der Waals surface area contributed by atoms with Gasteiger partial charge in [0.1, 0.15) is 10.6 Å². The van der Waals surface area contributed by atoms with Crippen molar-refractivity contribution in [2.24, 2.45) is 0 Å². The van der Waals surface area contributed by atoms with Crippen molar-refractivity contribution in [1.82, 2.24) is 9.46 Å². The van der Waals surface area contributed by atoms with E-state index in [2.05, 4.69) is 5.16 Å². The van der Waals surface area contributed by atoms with Gasteiger partial charge >= 0.3 is 0 Å². The number of sulfonamides is 1. The topological polar surface area (TPSA) is 72.6 Å². The zero-order chi connectivity index (χ0) is 15.1. The van der Waals surface area contributed by atoms with Gasteiger partial charge in [-0.25, -0.2) is 8.42 Å². The van der Waals surface area contributed by atoms with Gasteiger partial charge in [0.15, 0.2) is 5.76 Å². The van der Waals surface area contributed by atoms with E-state index in [0.717, 1.165) is 0 Å². The molecule has 2 heterocycles. The number of morpholine rings is 1. The van der Waals surface area contributed by atoms with Gasteiger partial charge in [-0.2, -0.15) is 4.31 Å². The average Bonchev–Trinajstić information content (AvgIpc) is 2.67. The Morgan fingerprint density at radius 3 is 2.60 bits per heavy atom. The van der Waals surface area contributed by atoms with Crippen LogP contribution in [0.4, 0.5) is 0 Å². The Morgan fingerprint density at radius 1 is 1.45 bits per heavy atom. The van der Waals surface area contributed by atoms with Crippen LogP contribution < -0.4 is 0 Å². The molecular weight excluding hydrogens is 304 g/mol. The van der Waals surface area contributed by atoms with Gasteiger partial charge in [0.25, 0.3) is 0 Å². The van der Waals surface area contributed by atoms with Crippen LogP contribution in [0.15, 0.2) is 9.42 Å². The van der Waals surface area contributed by atoms with Gasteiger partial charge in [-0.1, -0.05) is 5.16 Å². The highest BCUT2D eigenvalue weighted by atomic mass is 35.5. The van der Waals surface area contributed by atoms with Gasteiger partial charge in [-0.15, -0.1) is 11.6 Å². The number of halogens is 1. The highest BCUT2D eigenvalue weighted by Crippen LogP contribution is 2.29. The smallest absolute Gasteiger partial charge is 0.248 e. The van der Waals surface area contributed by atoms with Crippen molar-refractivity contribution < 1.29 is 17.7 Å². The molecule has 1 unspecified atom stereocenters. The second-order valence-electron chi connectivity index (χ2n) is 5.60. The van der Waals surface area contributed by atoms with Crippen molar-refractivity contribution in [3.05, 3.63) is 11.5 Å². The third kappa shape index (κ3) is 2.86. The Labute approximate surface area is 124 Å². The summed E-state index contributed by atoms with van der Waals surface area (Å²) in [7, 11) is -3.66. The van der Waals surface area contributed by atoms with Crippen LogP contribution in [0.3, 0.4) is 0 Å². The molecule has 1 atom stereocenters. The molecule has 1 fully saturated rings. The summed E-state index contributed by atoms with van der Waals surface area (Å²) < 4.78 is 37.6. The molecule has 114 valence electrons. The summed E-state index contributed by atoms with van der Waals surface area (Å²) in [6, 6.07) is 0. The predicted molar refractivity (Wildman–Crippen MR) is 74.4 cm³/mol. The summed E-state index contributed by atoms with van der Waals surface area (Å²) >= 11 is 5.83. The molecule has 0 amide bonds. The average molecular weight is 323 g/mol. The van der Waals surface area contributed by atoms with E-state index in [4.69, 9.17) is 20.9 Å². The third-order valence-corrected chi connectivity index (χ3v) is 5.59. The minimum atomic E-state index is -3.66. The zero-order valence-corrected chi connectivity index (χ0v) is 13.6. The lowest BCUT2D eigenvalue weighted by molar-refractivity contribution is -0.107. The van der Waals surface area contributed by atoms with Crippen LogP contribution in [0.2, 0.25) is 0 Å². The van der Waals surface area contributed by atoms with Crippen LogP contribution in [0, 0.1) is 13.8 Å². The molecule has 0 radical (unpaired) electrons. The molecule has 2 rings (SSSR count). The molecule has 0 aromatic carbocycles. The van der Waals surface area contributed by atoms with E-state index < -0.39 is 15.6 Å². The van der Waals surface area contributed by atoms with Crippen molar-refractivity contribution in [2.75, 3.05) is 19.0 Å². The van der Waals surface area contributed by atoms with E-state index in [9.17, 15) is 8.42 Å². The van der Waals surface area contributed by atoms with Gasteiger partial charge < -0.3 is 9.26 Å². The minimum absolute atomic E-state index is 0.142. The standard InChI is InChI=1S/C12H19ClN2O4S/c1-8-11(9(2)19-14-8)20(16,17)15-6-10(5-13)18-12(3,4)7-15/h10H,5-7H2,1-4H3. The molecule has 0 saturated carbocycles. The number of aryl methyl sites for hydroxylation is 2. The number of hydrogen-bond acceptors (Lipinski definition) is 5. The molecule has 1 aliphatic heterocycles. The summed E-state index contributed by atoms with van der Waals surface area (Å²) in [5.74, 6) is 0.547. The minimum Gasteiger partial charge on any atom is -0.368 e. The Balaban J connectivity index is 2.39. The Hall–Kier alpha value is -0.630. The van der Waals surface area contributed by atoms with Crippen LogP contribution in [0.5, 0.6) is 0 Å². The summed E-state index contributed by atoms with van der Waals surface area (Å²) in [4.78, 5) is 0.142. The second-order valence-corrected chi connectivity index (χ2v) is 7.79. The normalized spacial score (nSPS) is 23.9. The molecule has 1 aliphatic rings. The highest BCUT2D eigenvalue weighted by Gasteiger charge is 2.41. The molecular formula is C12H19ClN2O4S. The van der Waals surface area contributed by atoms with Gasteiger partial charge in [-0.05, 0) is 27.7 Å². The summed E-state index contributed by atoms with van der Waals surface area (Å²) in [6.07, 6.45) is -0.323. The van der Waals surface area contributed by atoms with Gasteiger partial charge in [0.05, 0.1) is 11.7 Å². The maximum atomic E-state index is 12.8. The first kappa shape index (κ1) is 15.8. The summed E-state index contributed by atoms with van der Waals surface area (Å²) in [6.45, 7) is 7.42. The van der Waals surface area contributed by atoms with Crippen LogP contribution in [0.25, 0.3) is 0 Å². The Bertz CT molecular complexity index is 577. The molecule has 0 aliphatic carbocycles. The number of rotatable bonds is 3. The van der Waals surface area contributed by atoms with Crippen molar-refractivity contribution in [1.29, 1.82) is 0 Å². The van der Waals surface area contributed by atoms with Crippen molar-refractivity contribution in [3.63, 3.8) is 0 Å². The van der Waals surface area contributed by atoms with Crippen molar-refractivity contribution in [2.45, 2.75) is 44.3 Å². The number of aromatic nitrogens is 1. The maximum absolute atomic E-state index is 12.8. The molecule has 20 heavy (non-hydrogen) atoms. The first-order chi connectivity index (χ1) is 9.17. The van der Waals surface area contributed by atoms with Gasteiger partial charge in [-0.3, -0.25) is 0 Å². The molecule has 0 bridgehead atoms. The molecule has 1 aromatic heterocycles. The lowest BCUT2D eigenvalue weighted by Crippen LogP contribution is -2.55. The van der Waals surface area contributed by atoms with E-state index in [1.165, 1.54) is 4.31 Å². The SMILES string of the molecule is Cc1noc(C)c1S(=O)(=O)N1CC(CCl)OC(C)(C)C1. The fourth-order valence-electron chi connectivity index (χ4n) is 2.48. The van der Waals surface area contributed by atoms with Crippen LogP contribution in [-0.2, 0) is 14.8 Å². The van der Waals surface area contributed by atoms with Crippen LogP contribution >= 0.6 is 11.6 Å². The largest absolute Gasteiger partial charge is 0.368 e. The van der Waals surface area contributed by atoms with Crippen molar-refractivity contribution in [3.8, 4) is 0 Å². The van der Waals surface area contributed by atoms with E-state index in [0.29, 0.717) is 11.5 Å². The van der Waals surface area contributed by atoms with Crippen molar-refractivity contribution >= 4 is 21.6 Å². The molecule has 8 heteroatoms. The molecule has 1 saturated heterocycles. The second kappa shape index (κ2) is 5.29. The first-order valence-corrected chi connectivity index (χ1v) is 8.31. The van der Waals surface area contributed by atoms with Gasteiger partial charge in [0.2, 0.25) is 10.0 Å². The number of ether oxygens (including phenoxy) is 1. The van der Waals surface area contributed by atoms with E-state index >= 15 is 0 Å². The molecule has 0 N–H and O–H groups in total. The number of alkyl halides is 1. The highest BCUT2D eigenvalue weighted by molar-refractivity contribution is 7.89. The molecule has 6 nitrogen and oxygen atoms in total. The first-order valence-electron chi connectivity index (χ1n) is 6.34. The van der Waals surface area contributed by atoms with E-state index in [1.807, 2.05) is 13.8 Å². The predicted octanol–water partition coefficient (Wildman–Crippen LogP) is 1.70. The van der Waals surface area contributed by atoms with E-state index in [-0.39, 0.29) is 30.0 Å². The fraction of sp³-hybridized carbons (Fsp3) is 0.750. The monoisotopic (exact) mass is 322 g/mol. The quantitative estimate of drug-likeness (QED) is 0.792. The zero-order valence-electron chi connectivity index (χ0n) is 12.0. The number of hydrogen-bond donors (Lipinski definition) is 0. The fourth-order valence-corrected chi connectivity index (χ4v) is 4.55. The van der Waals surface area contributed by atoms with E-state index in [1.54, 1.807) is 13.8 Å². The lowest BCUT2D eigenvalue weighted by atomic mass is 10.1. The van der Waals surface area contributed by atoms with Gasteiger partial charge in [0, 0.05) is 19.0 Å². The van der Waals surface area contributed by atoms with Crippen LogP contribution in [0.1, 0.15) is 25.3 Å².